The van der Waals surface area contributed by atoms with Crippen LogP contribution in [0.2, 0.25) is 0 Å². The second kappa shape index (κ2) is 5.08. The van der Waals surface area contributed by atoms with Crippen molar-refractivity contribution in [2.45, 2.75) is 12.8 Å². The highest BCUT2D eigenvalue weighted by atomic mass is 16.4. The van der Waals surface area contributed by atoms with Gasteiger partial charge >= 0.3 is 5.97 Å². The molecule has 0 spiro atoms. The number of carbonyl (C=O) groups is 2. The first-order chi connectivity index (χ1) is 8.56. The third kappa shape index (κ3) is 3.23. The van der Waals surface area contributed by atoms with Crippen LogP contribution < -0.4 is 5.73 Å². The van der Waals surface area contributed by atoms with E-state index in [0.717, 1.165) is 12.8 Å². The van der Waals surface area contributed by atoms with Crippen molar-refractivity contribution in [3.63, 3.8) is 0 Å². The largest absolute Gasteiger partial charge is 0.480 e. The van der Waals surface area contributed by atoms with Crippen molar-refractivity contribution in [3.05, 3.63) is 29.8 Å². The summed E-state index contributed by atoms with van der Waals surface area (Å²) in [6.07, 6.45) is 2.14. The third-order valence-electron chi connectivity index (χ3n) is 2.92. The van der Waals surface area contributed by atoms with Crippen molar-refractivity contribution >= 4 is 17.6 Å². The van der Waals surface area contributed by atoms with Gasteiger partial charge in [-0.1, -0.05) is 6.07 Å². The zero-order valence-corrected chi connectivity index (χ0v) is 10.0. The Morgan fingerprint density at radius 3 is 2.67 bits per heavy atom. The van der Waals surface area contributed by atoms with E-state index in [4.69, 9.17) is 10.8 Å². The Morgan fingerprint density at radius 1 is 1.39 bits per heavy atom. The molecule has 0 aliphatic heterocycles. The summed E-state index contributed by atoms with van der Waals surface area (Å²) in [5.41, 5.74) is 6.57. The van der Waals surface area contributed by atoms with Crippen LogP contribution >= 0.6 is 0 Å². The van der Waals surface area contributed by atoms with Crippen molar-refractivity contribution < 1.29 is 14.7 Å². The summed E-state index contributed by atoms with van der Waals surface area (Å²) in [5, 5.41) is 8.85. The number of rotatable bonds is 5. The lowest BCUT2D eigenvalue weighted by atomic mass is 10.1. The molecule has 18 heavy (non-hydrogen) atoms. The highest BCUT2D eigenvalue weighted by Crippen LogP contribution is 2.30. The van der Waals surface area contributed by atoms with E-state index in [1.165, 1.54) is 4.90 Å². The number of hydrogen-bond acceptors (Lipinski definition) is 3. The molecule has 3 N–H and O–H groups in total. The summed E-state index contributed by atoms with van der Waals surface area (Å²) < 4.78 is 0. The van der Waals surface area contributed by atoms with Gasteiger partial charge < -0.3 is 15.7 Å². The van der Waals surface area contributed by atoms with Crippen LogP contribution in [0.3, 0.4) is 0 Å². The Morgan fingerprint density at radius 2 is 2.11 bits per heavy atom. The summed E-state index contributed by atoms with van der Waals surface area (Å²) in [6, 6.07) is 6.61. The third-order valence-corrected chi connectivity index (χ3v) is 2.92. The highest BCUT2D eigenvalue weighted by molar-refractivity contribution is 5.96. The van der Waals surface area contributed by atoms with E-state index in [2.05, 4.69) is 0 Å². The SMILES string of the molecule is Nc1cccc(C(=O)N(CC(=O)O)CC2CC2)c1. The number of carboxylic acids is 1. The van der Waals surface area contributed by atoms with E-state index in [-0.39, 0.29) is 12.5 Å². The molecule has 5 nitrogen and oxygen atoms in total. The molecule has 1 aliphatic rings. The molecule has 0 aromatic heterocycles. The minimum Gasteiger partial charge on any atom is -0.480 e. The standard InChI is InChI=1S/C13H16N2O3/c14-11-3-1-2-10(6-11)13(18)15(8-12(16)17)7-9-4-5-9/h1-3,6,9H,4-5,7-8,14H2,(H,16,17). The van der Waals surface area contributed by atoms with E-state index in [9.17, 15) is 9.59 Å². The molecule has 0 bridgehead atoms. The van der Waals surface area contributed by atoms with Crippen molar-refractivity contribution in [1.82, 2.24) is 4.90 Å². The Hall–Kier alpha value is -2.04. The van der Waals surface area contributed by atoms with Crippen molar-refractivity contribution in [2.75, 3.05) is 18.8 Å². The lowest BCUT2D eigenvalue weighted by Crippen LogP contribution is -2.37. The normalized spacial score (nSPS) is 14.2. The second-order valence-corrected chi connectivity index (χ2v) is 4.65. The van der Waals surface area contributed by atoms with Crippen LogP contribution in [0, 0.1) is 5.92 Å². The van der Waals surface area contributed by atoms with Gasteiger partial charge in [0, 0.05) is 17.8 Å². The van der Waals surface area contributed by atoms with Gasteiger partial charge in [0.25, 0.3) is 5.91 Å². The number of nitrogens with zero attached hydrogens (tertiary/aromatic N) is 1. The number of nitrogens with two attached hydrogens (primary N) is 1. The smallest absolute Gasteiger partial charge is 0.323 e. The van der Waals surface area contributed by atoms with Gasteiger partial charge in [0.1, 0.15) is 6.54 Å². The van der Waals surface area contributed by atoms with Gasteiger partial charge in [-0.05, 0) is 37.0 Å². The molecule has 2 rings (SSSR count). The number of anilines is 1. The number of carbonyl (C=O) groups excluding carboxylic acids is 1. The van der Waals surface area contributed by atoms with Gasteiger partial charge in [0.05, 0.1) is 0 Å². The quantitative estimate of drug-likeness (QED) is 0.767. The topological polar surface area (TPSA) is 83.6 Å². The number of hydrogen-bond donors (Lipinski definition) is 2. The summed E-state index contributed by atoms with van der Waals surface area (Å²) in [4.78, 5) is 24.4. The van der Waals surface area contributed by atoms with E-state index in [0.29, 0.717) is 23.7 Å². The Bertz CT molecular complexity index is 469. The predicted octanol–water partition coefficient (Wildman–Crippen LogP) is 1.21. The summed E-state index contributed by atoms with van der Waals surface area (Å²) in [6.45, 7) is 0.254. The molecule has 1 saturated carbocycles. The molecule has 1 aromatic rings. The molecule has 0 unspecified atom stereocenters. The van der Waals surface area contributed by atoms with Gasteiger partial charge in [-0.3, -0.25) is 9.59 Å². The second-order valence-electron chi connectivity index (χ2n) is 4.65. The van der Waals surface area contributed by atoms with Gasteiger partial charge in [-0.2, -0.15) is 0 Å². The molecule has 5 heteroatoms. The van der Waals surface area contributed by atoms with E-state index < -0.39 is 5.97 Å². The zero-order chi connectivity index (χ0) is 13.1. The first-order valence-corrected chi connectivity index (χ1v) is 5.93. The van der Waals surface area contributed by atoms with Crippen LogP contribution in [0.4, 0.5) is 5.69 Å². The summed E-state index contributed by atoms with van der Waals surface area (Å²) in [7, 11) is 0. The lowest BCUT2D eigenvalue weighted by molar-refractivity contribution is -0.137. The maximum absolute atomic E-state index is 12.2. The number of nitrogen functional groups attached to an aromatic ring is 1. The maximum atomic E-state index is 12.2. The molecule has 0 heterocycles. The fraction of sp³-hybridized carbons (Fsp3) is 0.385. The number of carboxylic acid groups (broad SMARTS) is 1. The van der Waals surface area contributed by atoms with E-state index in [1.54, 1.807) is 24.3 Å². The van der Waals surface area contributed by atoms with Gasteiger partial charge in [0.2, 0.25) is 0 Å². The Labute approximate surface area is 105 Å². The van der Waals surface area contributed by atoms with Gasteiger partial charge in [0.15, 0.2) is 0 Å². The molecule has 1 aliphatic carbocycles. The van der Waals surface area contributed by atoms with Gasteiger partial charge in [-0.25, -0.2) is 0 Å². The highest BCUT2D eigenvalue weighted by Gasteiger charge is 2.28. The molecular weight excluding hydrogens is 232 g/mol. The van der Waals surface area contributed by atoms with Crippen LogP contribution in [0.15, 0.2) is 24.3 Å². The first kappa shape index (κ1) is 12.4. The molecule has 96 valence electrons. The fourth-order valence-corrected chi connectivity index (χ4v) is 1.85. The number of benzene rings is 1. The molecule has 1 amide bonds. The molecular formula is C13H16N2O3. The van der Waals surface area contributed by atoms with Crippen molar-refractivity contribution in [2.24, 2.45) is 5.92 Å². The average molecular weight is 248 g/mol. The summed E-state index contributed by atoms with van der Waals surface area (Å²) in [5.74, 6) is -0.807. The minimum atomic E-state index is -0.993. The molecule has 0 radical (unpaired) electrons. The van der Waals surface area contributed by atoms with Gasteiger partial charge in [-0.15, -0.1) is 0 Å². The van der Waals surface area contributed by atoms with E-state index >= 15 is 0 Å². The Kier molecular flexibility index (Phi) is 3.50. The van der Waals surface area contributed by atoms with Crippen LogP contribution in [-0.4, -0.2) is 35.0 Å². The monoisotopic (exact) mass is 248 g/mol. The summed E-state index contributed by atoms with van der Waals surface area (Å²) >= 11 is 0. The fourth-order valence-electron chi connectivity index (χ4n) is 1.85. The van der Waals surface area contributed by atoms with Crippen LogP contribution in [-0.2, 0) is 4.79 Å². The van der Waals surface area contributed by atoms with Crippen LogP contribution in [0.1, 0.15) is 23.2 Å². The first-order valence-electron chi connectivity index (χ1n) is 5.93. The predicted molar refractivity (Wildman–Crippen MR) is 67.1 cm³/mol. The van der Waals surface area contributed by atoms with Crippen molar-refractivity contribution in [3.8, 4) is 0 Å². The Balaban J connectivity index is 2.12. The molecule has 0 atom stereocenters. The van der Waals surface area contributed by atoms with Crippen molar-refractivity contribution in [1.29, 1.82) is 0 Å². The zero-order valence-electron chi connectivity index (χ0n) is 10.0. The maximum Gasteiger partial charge on any atom is 0.323 e. The van der Waals surface area contributed by atoms with Crippen LogP contribution in [0.5, 0.6) is 0 Å². The number of amides is 1. The number of aliphatic carboxylic acids is 1. The molecule has 1 fully saturated rings. The molecule has 0 saturated heterocycles. The van der Waals surface area contributed by atoms with E-state index in [1.807, 2.05) is 0 Å². The van der Waals surface area contributed by atoms with Crippen LogP contribution in [0.25, 0.3) is 0 Å². The molecule has 1 aromatic carbocycles. The lowest BCUT2D eigenvalue weighted by Gasteiger charge is -2.20. The minimum absolute atomic E-state index is 0.260. The average Bonchev–Trinajstić information content (AvgIpc) is 3.10.